The quantitative estimate of drug-likeness (QED) is 0.391. The molecule has 0 bridgehead atoms. The first-order valence-electron chi connectivity index (χ1n) is 7.91. The Bertz CT molecular complexity index is 394. The van der Waals surface area contributed by atoms with Gasteiger partial charge >= 0.3 is 11.9 Å². The van der Waals surface area contributed by atoms with Crippen LogP contribution in [0.5, 0.6) is 0 Å². The average Bonchev–Trinajstić information content (AvgIpc) is 2.55. The first kappa shape index (κ1) is 18.2. The Hall–Kier alpha value is -1.84. The number of allylic oxidation sites excluding steroid dienone is 4. The van der Waals surface area contributed by atoms with Crippen molar-refractivity contribution in [1.82, 2.24) is 0 Å². The number of carbonyl (C=O) groups is 2. The van der Waals surface area contributed by atoms with Gasteiger partial charge in [-0.15, -0.1) is 0 Å². The molecule has 0 saturated heterocycles. The Morgan fingerprint density at radius 3 is 1.68 bits per heavy atom. The van der Waals surface area contributed by atoms with E-state index in [0.29, 0.717) is 38.9 Å². The van der Waals surface area contributed by atoms with Crippen LogP contribution in [0.3, 0.4) is 0 Å². The second-order valence-electron chi connectivity index (χ2n) is 5.21. The fourth-order valence-electron chi connectivity index (χ4n) is 2.34. The standard InChI is InChI=1S/C18H26O4/c1-3-5-9-13-21-17(19)15-11-7-8-12-16(15)18(20)22-14-10-6-4-2/h3-8,15-16H,9-14H2,1-2H3/b5-3+,6-4+. The molecule has 0 N–H and O–H groups in total. The maximum atomic E-state index is 12.2. The molecule has 0 fully saturated rings. The summed E-state index contributed by atoms with van der Waals surface area (Å²) in [5.41, 5.74) is 0. The summed E-state index contributed by atoms with van der Waals surface area (Å²) in [4.78, 5) is 24.3. The summed E-state index contributed by atoms with van der Waals surface area (Å²) < 4.78 is 10.5. The molecule has 122 valence electrons. The van der Waals surface area contributed by atoms with E-state index >= 15 is 0 Å². The minimum absolute atomic E-state index is 0.302. The van der Waals surface area contributed by atoms with Gasteiger partial charge in [-0.3, -0.25) is 9.59 Å². The second-order valence-corrected chi connectivity index (χ2v) is 5.21. The van der Waals surface area contributed by atoms with E-state index in [-0.39, 0.29) is 11.9 Å². The largest absolute Gasteiger partial charge is 0.465 e. The predicted molar refractivity (Wildman–Crippen MR) is 86.1 cm³/mol. The van der Waals surface area contributed by atoms with E-state index in [9.17, 15) is 9.59 Å². The Morgan fingerprint density at radius 2 is 1.32 bits per heavy atom. The SMILES string of the molecule is C/C=C/CCOC(=O)C1CC=CCC1C(=O)OCC/C=C/C. The molecule has 1 rings (SSSR count). The molecule has 0 heterocycles. The van der Waals surface area contributed by atoms with Gasteiger partial charge in [0.25, 0.3) is 0 Å². The number of carbonyl (C=O) groups excluding carboxylic acids is 2. The molecule has 1 aliphatic carbocycles. The lowest BCUT2D eigenvalue weighted by Gasteiger charge is -2.25. The molecule has 4 nitrogen and oxygen atoms in total. The van der Waals surface area contributed by atoms with Crippen LogP contribution in [-0.4, -0.2) is 25.2 Å². The minimum Gasteiger partial charge on any atom is -0.465 e. The molecule has 0 saturated carbocycles. The lowest BCUT2D eigenvalue weighted by atomic mass is 9.83. The molecule has 1 aliphatic rings. The van der Waals surface area contributed by atoms with Gasteiger partial charge in [0.05, 0.1) is 25.0 Å². The van der Waals surface area contributed by atoms with Gasteiger partial charge in [-0.25, -0.2) is 0 Å². The monoisotopic (exact) mass is 306 g/mol. The van der Waals surface area contributed by atoms with Crippen LogP contribution >= 0.6 is 0 Å². The number of rotatable bonds is 8. The number of hydrogen-bond acceptors (Lipinski definition) is 4. The van der Waals surface area contributed by atoms with Gasteiger partial charge < -0.3 is 9.47 Å². The van der Waals surface area contributed by atoms with Crippen LogP contribution in [0, 0.1) is 11.8 Å². The van der Waals surface area contributed by atoms with Crippen LogP contribution < -0.4 is 0 Å². The zero-order valence-electron chi connectivity index (χ0n) is 13.5. The van der Waals surface area contributed by atoms with Crippen LogP contribution in [0.25, 0.3) is 0 Å². The van der Waals surface area contributed by atoms with Crippen LogP contribution in [0.1, 0.15) is 39.5 Å². The van der Waals surface area contributed by atoms with Gasteiger partial charge in [-0.1, -0.05) is 36.5 Å². The lowest BCUT2D eigenvalue weighted by molar-refractivity contribution is -0.160. The van der Waals surface area contributed by atoms with Crippen molar-refractivity contribution in [3.63, 3.8) is 0 Å². The van der Waals surface area contributed by atoms with Crippen molar-refractivity contribution in [3.8, 4) is 0 Å². The maximum absolute atomic E-state index is 12.2. The number of hydrogen-bond donors (Lipinski definition) is 0. The molecule has 4 heteroatoms. The fourth-order valence-corrected chi connectivity index (χ4v) is 2.34. The number of ether oxygens (including phenoxy) is 2. The summed E-state index contributed by atoms with van der Waals surface area (Å²) in [6.45, 7) is 4.56. The fraction of sp³-hybridized carbons (Fsp3) is 0.556. The number of esters is 2. The van der Waals surface area contributed by atoms with Crippen LogP contribution in [0.15, 0.2) is 36.5 Å². The summed E-state index contributed by atoms with van der Waals surface area (Å²) in [5, 5.41) is 0. The van der Waals surface area contributed by atoms with Crippen molar-refractivity contribution in [2.75, 3.05) is 13.2 Å². The second kappa shape index (κ2) is 10.8. The Kier molecular flexibility index (Phi) is 8.96. The van der Waals surface area contributed by atoms with E-state index < -0.39 is 11.8 Å². The topological polar surface area (TPSA) is 52.6 Å². The van der Waals surface area contributed by atoms with Crippen LogP contribution in [0.4, 0.5) is 0 Å². The molecule has 0 spiro atoms. The highest BCUT2D eigenvalue weighted by Gasteiger charge is 2.36. The van der Waals surface area contributed by atoms with Gasteiger partial charge in [0.15, 0.2) is 0 Å². The van der Waals surface area contributed by atoms with E-state index in [1.165, 1.54) is 0 Å². The summed E-state index contributed by atoms with van der Waals surface area (Å²) in [6.07, 6.45) is 14.1. The third kappa shape index (κ3) is 6.29. The molecule has 0 aliphatic heterocycles. The Morgan fingerprint density at radius 1 is 0.909 bits per heavy atom. The van der Waals surface area contributed by atoms with E-state index in [1.807, 2.05) is 50.3 Å². The van der Waals surface area contributed by atoms with Crippen molar-refractivity contribution < 1.29 is 19.1 Å². The first-order chi connectivity index (χ1) is 10.7. The van der Waals surface area contributed by atoms with Gasteiger partial charge in [0.1, 0.15) is 0 Å². The molecular formula is C18H26O4. The zero-order chi connectivity index (χ0) is 16.2. The highest BCUT2D eigenvalue weighted by Crippen LogP contribution is 2.28. The van der Waals surface area contributed by atoms with E-state index in [1.54, 1.807) is 0 Å². The summed E-state index contributed by atoms with van der Waals surface area (Å²) in [6, 6.07) is 0. The van der Waals surface area contributed by atoms with Crippen molar-refractivity contribution >= 4 is 11.9 Å². The Labute approximate surface area is 132 Å². The highest BCUT2D eigenvalue weighted by atomic mass is 16.5. The summed E-state index contributed by atoms with van der Waals surface area (Å²) in [7, 11) is 0. The third-order valence-corrected chi connectivity index (χ3v) is 3.57. The van der Waals surface area contributed by atoms with Gasteiger partial charge in [-0.05, 0) is 39.5 Å². The molecule has 0 amide bonds. The summed E-state index contributed by atoms with van der Waals surface area (Å²) >= 11 is 0. The third-order valence-electron chi connectivity index (χ3n) is 3.57. The van der Waals surface area contributed by atoms with E-state index in [0.717, 1.165) is 0 Å². The maximum Gasteiger partial charge on any atom is 0.310 e. The van der Waals surface area contributed by atoms with Gasteiger partial charge in [0, 0.05) is 0 Å². The van der Waals surface area contributed by atoms with Crippen molar-refractivity contribution in [3.05, 3.63) is 36.5 Å². The van der Waals surface area contributed by atoms with Gasteiger partial charge in [0.2, 0.25) is 0 Å². The molecule has 0 aromatic rings. The average molecular weight is 306 g/mol. The predicted octanol–water partition coefficient (Wildman–Crippen LogP) is 3.59. The van der Waals surface area contributed by atoms with Crippen molar-refractivity contribution in [2.45, 2.75) is 39.5 Å². The molecule has 2 unspecified atom stereocenters. The smallest absolute Gasteiger partial charge is 0.310 e. The first-order valence-corrected chi connectivity index (χ1v) is 7.91. The summed E-state index contributed by atoms with van der Waals surface area (Å²) in [5.74, 6) is -1.46. The minimum atomic E-state index is -0.426. The van der Waals surface area contributed by atoms with Crippen LogP contribution in [-0.2, 0) is 19.1 Å². The molecule has 0 aromatic carbocycles. The lowest BCUT2D eigenvalue weighted by Crippen LogP contribution is -2.34. The van der Waals surface area contributed by atoms with Crippen molar-refractivity contribution in [1.29, 1.82) is 0 Å². The normalized spacial score (nSPS) is 21.4. The molecule has 2 atom stereocenters. The van der Waals surface area contributed by atoms with E-state index in [2.05, 4.69) is 0 Å². The van der Waals surface area contributed by atoms with Crippen molar-refractivity contribution in [2.24, 2.45) is 11.8 Å². The zero-order valence-corrected chi connectivity index (χ0v) is 13.5. The Balaban J connectivity index is 2.49. The van der Waals surface area contributed by atoms with Crippen LogP contribution in [0.2, 0.25) is 0 Å². The molecule has 0 radical (unpaired) electrons. The molecular weight excluding hydrogens is 280 g/mol. The van der Waals surface area contributed by atoms with E-state index in [4.69, 9.17) is 9.47 Å². The van der Waals surface area contributed by atoms with Gasteiger partial charge in [-0.2, -0.15) is 0 Å². The highest BCUT2D eigenvalue weighted by molar-refractivity contribution is 5.82. The molecule has 22 heavy (non-hydrogen) atoms. The molecule has 0 aromatic heterocycles.